The van der Waals surface area contributed by atoms with E-state index in [1.165, 1.54) is 6.21 Å². The summed E-state index contributed by atoms with van der Waals surface area (Å²) in [5.74, 6) is -0.787. The number of hydrogen-bond acceptors (Lipinski definition) is 5. The summed E-state index contributed by atoms with van der Waals surface area (Å²) >= 11 is 1.55. The molecule has 124 valence electrons. The first kappa shape index (κ1) is 16.1. The van der Waals surface area contributed by atoms with Gasteiger partial charge in [0.25, 0.3) is 0 Å². The fraction of sp³-hybridized carbons (Fsp3) is 0.267. The molecule has 0 bridgehead atoms. The zero-order chi connectivity index (χ0) is 16.9. The Morgan fingerprint density at radius 1 is 1.33 bits per heavy atom. The molecule has 9 heteroatoms. The quantitative estimate of drug-likeness (QED) is 0.837. The number of amides is 5. The predicted molar refractivity (Wildman–Crippen MR) is 90.2 cm³/mol. The van der Waals surface area contributed by atoms with Gasteiger partial charge in [0.2, 0.25) is 5.91 Å². The van der Waals surface area contributed by atoms with Gasteiger partial charge in [-0.2, -0.15) is 4.99 Å². The zero-order valence-electron chi connectivity index (χ0n) is 12.6. The molecule has 0 spiro atoms. The summed E-state index contributed by atoms with van der Waals surface area (Å²) in [4.78, 5) is 45.7. The lowest BCUT2D eigenvalue weighted by Gasteiger charge is -2.27. The standard InChI is InChI=1S/C15H15N5O3S/c21-13-11-4-1-5-16-12(11)19-15(23)20(13)7-6-17-14(22)18-9-10-3-2-8-24-10/h1-5,8,11H,6-7,9H2,(H2,17,18,22). The van der Waals surface area contributed by atoms with Gasteiger partial charge >= 0.3 is 12.1 Å². The van der Waals surface area contributed by atoms with Crippen LogP contribution in [0.3, 0.4) is 0 Å². The van der Waals surface area contributed by atoms with Crippen molar-refractivity contribution >= 4 is 41.4 Å². The lowest BCUT2D eigenvalue weighted by molar-refractivity contribution is -0.129. The van der Waals surface area contributed by atoms with Crippen LogP contribution in [0.5, 0.6) is 0 Å². The first-order valence-electron chi connectivity index (χ1n) is 7.34. The highest BCUT2D eigenvalue weighted by Crippen LogP contribution is 2.18. The molecule has 3 rings (SSSR count). The summed E-state index contributed by atoms with van der Waals surface area (Å²) < 4.78 is 0. The number of imide groups is 1. The van der Waals surface area contributed by atoms with Gasteiger partial charge in [-0.3, -0.25) is 9.69 Å². The van der Waals surface area contributed by atoms with Gasteiger partial charge in [0.15, 0.2) is 0 Å². The number of nitrogens with zero attached hydrogens (tertiary/aromatic N) is 3. The highest BCUT2D eigenvalue weighted by molar-refractivity contribution is 7.09. The average Bonchev–Trinajstić information content (AvgIpc) is 3.09. The molecule has 2 aliphatic rings. The van der Waals surface area contributed by atoms with E-state index < -0.39 is 11.9 Å². The topological polar surface area (TPSA) is 103 Å². The number of dihydropyridines is 1. The van der Waals surface area contributed by atoms with Crippen molar-refractivity contribution in [1.82, 2.24) is 15.5 Å². The van der Waals surface area contributed by atoms with E-state index in [0.717, 1.165) is 9.78 Å². The summed E-state index contributed by atoms with van der Waals surface area (Å²) in [5.41, 5.74) is 0. The normalized spacial score (nSPS) is 19.1. The largest absolute Gasteiger partial charge is 0.352 e. The SMILES string of the molecule is O=C(NCCN1C(=O)N=C2N=CC=CC2C1=O)NCc1cccs1. The Hall–Kier alpha value is -2.81. The Balaban J connectivity index is 1.48. The molecule has 1 unspecified atom stereocenters. The van der Waals surface area contributed by atoms with Gasteiger partial charge in [-0.1, -0.05) is 12.1 Å². The number of rotatable bonds is 5. The summed E-state index contributed by atoms with van der Waals surface area (Å²) in [5, 5.41) is 7.25. The minimum atomic E-state index is -0.653. The molecule has 0 saturated heterocycles. The second-order valence-corrected chi connectivity index (χ2v) is 6.10. The molecule has 24 heavy (non-hydrogen) atoms. The van der Waals surface area contributed by atoms with Crippen molar-refractivity contribution in [2.45, 2.75) is 6.54 Å². The van der Waals surface area contributed by atoms with Crippen molar-refractivity contribution in [3.8, 4) is 0 Å². The van der Waals surface area contributed by atoms with Crippen LogP contribution in [0.1, 0.15) is 4.88 Å². The van der Waals surface area contributed by atoms with Crippen LogP contribution in [0, 0.1) is 5.92 Å². The van der Waals surface area contributed by atoms with Gasteiger partial charge in [0, 0.05) is 24.2 Å². The van der Waals surface area contributed by atoms with E-state index in [1.807, 2.05) is 17.5 Å². The maximum absolute atomic E-state index is 12.3. The van der Waals surface area contributed by atoms with Crippen LogP contribution in [0.2, 0.25) is 0 Å². The minimum absolute atomic E-state index is 0.0644. The molecule has 2 N–H and O–H groups in total. The summed E-state index contributed by atoms with van der Waals surface area (Å²) in [6.45, 7) is 0.650. The van der Waals surface area contributed by atoms with Gasteiger partial charge < -0.3 is 10.6 Å². The molecule has 0 aromatic carbocycles. The number of hydrogen-bond donors (Lipinski definition) is 2. The molecule has 1 aromatic rings. The molecule has 8 nitrogen and oxygen atoms in total. The number of thiophene rings is 1. The lowest BCUT2D eigenvalue weighted by Crippen LogP contribution is -2.49. The van der Waals surface area contributed by atoms with Gasteiger partial charge in [-0.05, 0) is 17.5 Å². The third-order valence-electron chi connectivity index (χ3n) is 3.47. The van der Waals surface area contributed by atoms with E-state index in [0.29, 0.717) is 6.54 Å². The van der Waals surface area contributed by atoms with Crippen molar-refractivity contribution in [3.05, 3.63) is 34.5 Å². The molecular formula is C15H15N5O3S. The van der Waals surface area contributed by atoms with E-state index in [4.69, 9.17) is 0 Å². The first-order valence-corrected chi connectivity index (χ1v) is 8.22. The van der Waals surface area contributed by atoms with Crippen LogP contribution >= 0.6 is 11.3 Å². The molecule has 3 heterocycles. The number of carbonyl (C=O) groups is 3. The number of nitrogens with one attached hydrogen (secondary N) is 2. The number of urea groups is 2. The Kier molecular flexibility index (Phi) is 4.80. The fourth-order valence-electron chi connectivity index (χ4n) is 2.29. The maximum Gasteiger partial charge on any atom is 0.352 e. The molecule has 0 fully saturated rings. The van der Waals surface area contributed by atoms with Crippen LogP contribution < -0.4 is 10.6 Å². The Labute approximate surface area is 142 Å². The molecule has 0 radical (unpaired) electrons. The fourth-order valence-corrected chi connectivity index (χ4v) is 2.93. The van der Waals surface area contributed by atoms with Crippen molar-refractivity contribution in [1.29, 1.82) is 0 Å². The van der Waals surface area contributed by atoms with Gasteiger partial charge in [0.1, 0.15) is 11.8 Å². The van der Waals surface area contributed by atoms with Crippen LogP contribution in [-0.2, 0) is 11.3 Å². The number of amidine groups is 1. The summed E-state index contributed by atoms with van der Waals surface area (Å²) in [6.07, 6.45) is 4.78. The van der Waals surface area contributed by atoms with E-state index in [9.17, 15) is 14.4 Å². The molecular weight excluding hydrogens is 330 g/mol. The Morgan fingerprint density at radius 2 is 2.21 bits per heavy atom. The van der Waals surface area contributed by atoms with E-state index in [-0.39, 0.29) is 30.9 Å². The average molecular weight is 345 g/mol. The number of carbonyl (C=O) groups excluding carboxylic acids is 3. The first-order chi connectivity index (χ1) is 11.6. The molecule has 1 atom stereocenters. The summed E-state index contributed by atoms with van der Waals surface area (Å²) in [7, 11) is 0. The molecule has 1 aromatic heterocycles. The number of allylic oxidation sites excluding steroid dienone is 1. The Bertz CT molecular complexity index is 738. The maximum atomic E-state index is 12.3. The molecule has 0 saturated carbocycles. The van der Waals surface area contributed by atoms with Crippen molar-refractivity contribution in [3.63, 3.8) is 0 Å². The second kappa shape index (κ2) is 7.18. The highest BCUT2D eigenvalue weighted by atomic mass is 32.1. The minimum Gasteiger partial charge on any atom is -0.336 e. The van der Waals surface area contributed by atoms with Crippen LogP contribution in [0.4, 0.5) is 9.59 Å². The van der Waals surface area contributed by atoms with Gasteiger partial charge in [0.05, 0.1) is 6.54 Å². The van der Waals surface area contributed by atoms with Crippen molar-refractivity contribution < 1.29 is 14.4 Å². The van der Waals surface area contributed by atoms with Crippen molar-refractivity contribution in [2.75, 3.05) is 13.1 Å². The van der Waals surface area contributed by atoms with Crippen LogP contribution in [0.25, 0.3) is 0 Å². The smallest absolute Gasteiger partial charge is 0.336 e. The van der Waals surface area contributed by atoms with E-state index in [1.54, 1.807) is 23.5 Å². The van der Waals surface area contributed by atoms with Crippen molar-refractivity contribution in [2.24, 2.45) is 15.9 Å². The predicted octanol–water partition coefficient (Wildman–Crippen LogP) is 1.16. The van der Waals surface area contributed by atoms with E-state index in [2.05, 4.69) is 20.6 Å². The third kappa shape index (κ3) is 3.57. The van der Waals surface area contributed by atoms with Crippen LogP contribution in [-0.4, -0.2) is 48.0 Å². The number of aliphatic imine (C=N–C) groups is 2. The summed E-state index contributed by atoms with van der Waals surface area (Å²) in [6, 6.07) is 2.82. The van der Waals surface area contributed by atoms with Crippen LogP contribution in [0.15, 0.2) is 39.6 Å². The molecule has 0 aliphatic carbocycles. The molecule has 2 aliphatic heterocycles. The lowest BCUT2D eigenvalue weighted by atomic mass is 10.0. The number of fused-ring (bicyclic) bond motifs is 1. The van der Waals surface area contributed by atoms with Gasteiger partial charge in [-0.15, -0.1) is 11.3 Å². The zero-order valence-corrected chi connectivity index (χ0v) is 13.5. The monoisotopic (exact) mass is 345 g/mol. The van der Waals surface area contributed by atoms with E-state index >= 15 is 0 Å². The third-order valence-corrected chi connectivity index (χ3v) is 4.35. The second-order valence-electron chi connectivity index (χ2n) is 5.07. The Morgan fingerprint density at radius 3 is 3.00 bits per heavy atom. The van der Waals surface area contributed by atoms with Gasteiger partial charge in [-0.25, -0.2) is 14.6 Å². The highest BCUT2D eigenvalue weighted by Gasteiger charge is 2.36. The molecule has 5 amide bonds.